The number of sulfonamides is 1. The van der Waals surface area contributed by atoms with E-state index < -0.39 is 10.0 Å². The van der Waals surface area contributed by atoms with Crippen LogP contribution in [0.2, 0.25) is 0 Å². The van der Waals surface area contributed by atoms with Crippen LogP contribution in [0.1, 0.15) is 19.8 Å². The number of hydrogen-bond acceptors (Lipinski definition) is 6. The molecular formula is C18H28BrN3O4S2. The Morgan fingerprint density at radius 3 is 2.57 bits per heavy atom. The summed E-state index contributed by atoms with van der Waals surface area (Å²) in [4.78, 5) is 14.8. The molecule has 1 aromatic rings. The summed E-state index contributed by atoms with van der Waals surface area (Å²) in [7, 11) is -3.43. The van der Waals surface area contributed by atoms with Crippen molar-refractivity contribution in [3.05, 3.63) is 15.9 Å². The maximum atomic E-state index is 12.7. The lowest BCUT2D eigenvalue weighted by molar-refractivity contribution is -0.126. The molecule has 0 unspecified atom stereocenters. The van der Waals surface area contributed by atoms with Gasteiger partial charge in [0.25, 0.3) is 10.0 Å². The van der Waals surface area contributed by atoms with Crippen LogP contribution < -0.4 is 5.32 Å². The highest BCUT2D eigenvalue weighted by molar-refractivity contribution is 9.11. The normalized spacial score (nSPS) is 21.5. The van der Waals surface area contributed by atoms with E-state index in [0.29, 0.717) is 36.7 Å². The molecule has 158 valence electrons. The number of nitrogens with one attached hydrogen (secondary N) is 1. The van der Waals surface area contributed by atoms with Gasteiger partial charge in [-0.25, -0.2) is 8.42 Å². The zero-order valence-corrected chi connectivity index (χ0v) is 19.3. The number of ether oxygens (including phenoxy) is 1. The number of hydrogen-bond donors (Lipinski definition) is 1. The Labute approximate surface area is 179 Å². The van der Waals surface area contributed by atoms with Gasteiger partial charge in [0.2, 0.25) is 5.91 Å². The van der Waals surface area contributed by atoms with Crippen LogP contribution in [0.15, 0.2) is 20.1 Å². The second-order valence-corrected chi connectivity index (χ2v) is 12.0. The minimum absolute atomic E-state index is 0.0664. The van der Waals surface area contributed by atoms with Gasteiger partial charge in [-0.2, -0.15) is 4.31 Å². The van der Waals surface area contributed by atoms with Crippen molar-refractivity contribution in [2.24, 2.45) is 11.8 Å². The van der Waals surface area contributed by atoms with Crippen molar-refractivity contribution in [3.63, 3.8) is 0 Å². The number of carbonyl (C=O) groups excluding carboxylic acids is 1. The zero-order valence-electron chi connectivity index (χ0n) is 16.1. The van der Waals surface area contributed by atoms with Crippen LogP contribution >= 0.6 is 27.3 Å². The van der Waals surface area contributed by atoms with Crippen molar-refractivity contribution in [3.8, 4) is 0 Å². The van der Waals surface area contributed by atoms with Crippen LogP contribution in [0.3, 0.4) is 0 Å². The monoisotopic (exact) mass is 493 g/mol. The molecule has 1 N–H and O–H groups in total. The molecule has 2 aliphatic rings. The standard InChI is InChI=1S/C18H28BrN3O4S2/c1-14(18(23)20-6-9-21-10-12-26-13-11-21)15-4-7-22(8-5-15)28(24,25)17-3-2-16(19)27-17/h2-3,14-15H,4-13H2,1H3,(H,20,23)/t14-/m0/s1. The van der Waals surface area contributed by atoms with Crippen molar-refractivity contribution in [1.29, 1.82) is 0 Å². The Balaban J connectivity index is 1.44. The number of nitrogens with zero attached hydrogens (tertiary/aromatic N) is 2. The maximum Gasteiger partial charge on any atom is 0.252 e. The van der Waals surface area contributed by atoms with Gasteiger partial charge in [-0.1, -0.05) is 6.92 Å². The van der Waals surface area contributed by atoms with Gasteiger partial charge in [0.1, 0.15) is 4.21 Å². The predicted molar refractivity (Wildman–Crippen MR) is 113 cm³/mol. The topological polar surface area (TPSA) is 79.0 Å². The Hall–Kier alpha value is -0.520. The second-order valence-electron chi connectivity index (χ2n) is 7.33. The number of piperidine rings is 1. The molecule has 0 saturated carbocycles. The second kappa shape index (κ2) is 9.99. The van der Waals surface area contributed by atoms with Crippen LogP contribution in [0.5, 0.6) is 0 Å². The third kappa shape index (κ3) is 5.54. The molecule has 28 heavy (non-hydrogen) atoms. The summed E-state index contributed by atoms with van der Waals surface area (Å²) in [6, 6.07) is 3.40. The minimum Gasteiger partial charge on any atom is -0.379 e. The van der Waals surface area contributed by atoms with Crippen LogP contribution in [0.4, 0.5) is 0 Å². The first-order valence-corrected chi connectivity index (χ1v) is 12.8. The van der Waals surface area contributed by atoms with E-state index in [4.69, 9.17) is 4.74 Å². The molecule has 1 amide bonds. The molecule has 3 heterocycles. The van der Waals surface area contributed by atoms with Crippen molar-refractivity contribution < 1.29 is 17.9 Å². The zero-order chi connectivity index (χ0) is 20.1. The van der Waals surface area contributed by atoms with E-state index in [-0.39, 0.29) is 17.7 Å². The number of halogens is 1. The molecule has 7 nitrogen and oxygen atoms in total. The number of thiophene rings is 1. The molecular weight excluding hydrogens is 466 g/mol. The van der Waals surface area contributed by atoms with Crippen molar-refractivity contribution in [2.45, 2.75) is 24.0 Å². The number of amides is 1. The summed E-state index contributed by atoms with van der Waals surface area (Å²) in [5.74, 6) is 0.173. The minimum atomic E-state index is -3.43. The fourth-order valence-corrected chi connectivity index (χ4v) is 7.35. The number of morpholine rings is 1. The summed E-state index contributed by atoms with van der Waals surface area (Å²) in [5, 5.41) is 3.04. The molecule has 0 aromatic carbocycles. The first-order chi connectivity index (χ1) is 13.4. The van der Waals surface area contributed by atoms with E-state index in [2.05, 4.69) is 26.1 Å². The fraction of sp³-hybridized carbons (Fsp3) is 0.722. The van der Waals surface area contributed by atoms with Gasteiger partial charge in [-0.15, -0.1) is 11.3 Å². The lowest BCUT2D eigenvalue weighted by Crippen LogP contribution is -2.44. The summed E-state index contributed by atoms with van der Waals surface area (Å²) < 4.78 is 33.5. The summed E-state index contributed by atoms with van der Waals surface area (Å²) >= 11 is 4.55. The van der Waals surface area contributed by atoms with Gasteiger partial charge in [0.05, 0.1) is 17.0 Å². The van der Waals surface area contributed by atoms with Crippen LogP contribution in [0.25, 0.3) is 0 Å². The maximum absolute atomic E-state index is 12.7. The van der Waals surface area contributed by atoms with E-state index in [0.717, 1.165) is 36.6 Å². The molecule has 1 aromatic heterocycles. The fourth-order valence-electron chi connectivity index (χ4n) is 3.72. The van der Waals surface area contributed by atoms with E-state index in [9.17, 15) is 13.2 Å². The smallest absolute Gasteiger partial charge is 0.252 e. The van der Waals surface area contributed by atoms with E-state index in [1.165, 1.54) is 11.3 Å². The van der Waals surface area contributed by atoms with Gasteiger partial charge < -0.3 is 10.1 Å². The Morgan fingerprint density at radius 2 is 1.96 bits per heavy atom. The first kappa shape index (κ1) is 22.2. The predicted octanol–water partition coefficient (Wildman–Crippen LogP) is 2.00. The molecule has 2 saturated heterocycles. The highest BCUT2D eigenvalue weighted by Crippen LogP contribution is 2.32. The first-order valence-electron chi connectivity index (χ1n) is 9.71. The summed E-state index contributed by atoms with van der Waals surface area (Å²) in [5.41, 5.74) is 0. The Kier molecular flexibility index (Phi) is 7.91. The molecule has 1 atom stereocenters. The molecule has 0 radical (unpaired) electrons. The number of rotatable bonds is 7. The lowest BCUT2D eigenvalue weighted by Gasteiger charge is -2.33. The van der Waals surface area contributed by atoms with Crippen molar-refractivity contribution in [2.75, 3.05) is 52.5 Å². The number of carbonyl (C=O) groups is 1. The highest BCUT2D eigenvalue weighted by atomic mass is 79.9. The molecule has 2 aliphatic heterocycles. The Morgan fingerprint density at radius 1 is 1.29 bits per heavy atom. The van der Waals surface area contributed by atoms with Crippen LogP contribution in [-0.4, -0.2) is 76.0 Å². The molecule has 3 rings (SSSR count). The SMILES string of the molecule is C[C@H](C(=O)NCCN1CCOCC1)C1CCN(S(=O)(=O)c2ccc(Br)s2)CC1. The molecule has 0 aliphatic carbocycles. The summed E-state index contributed by atoms with van der Waals surface area (Å²) in [6.07, 6.45) is 1.42. The third-order valence-corrected chi connectivity index (χ3v) is 9.58. The van der Waals surface area contributed by atoms with Gasteiger partial charge in [-0.3, -0.25) is 9.69 Å². The van der Waals surface area contributed by atoms with Crippen LogP contribution in [0, 0.1) is 11.8 Å². The van der Waals surface area contributed by atoms with E-state index in [1.807, 2.05) is 6.92 Å². The van der Waals surface area contributed by atoms with E-state index >= 15 is 0 Å². The largest absolute Gasteiger partial charge is 0.379 e. The summed E-state index contributed by atoms with van der Waals surface area (Å²) in [6.45, 7) is 7.72. The lowest BCUT2D eigenvalue weighted by atomic mass is 9.85. The van der Waals surface area contributed by atoms with Gasteiger partial charge >= 0.3 is 0 Å². The van der Waals surface area contributed by atoms with Gasteiger partial charge in [-0.05, 0) is 46.8 Å². The van der Waals surface area contributed by atoms with Crippen molar-refractivity contribution >= 4 is 43.2 Å². The third-order valence-electron chi connectivity index (χ3n) is 5.59. The molecule has 0 spiro atoms. The molecule has 2 fully saturated rings. The molecule has 10 heteroatoms. The van der Waals surface area contributed by atoms with E-state index in [1.54, 1.807) is 16.4 Å². The average molecular weight is 494 g/mol. The Bertz CT molecular complexity index is 757. The highest BCUT2D eigenvalue weighted by Gasteiger charge is 2.34. The van der Waals surface area contributed by atoms with Crippen molar-refractivity contribution in [1.82, 2.24) is 14.5 Å². The van der Waals surface area contributed by atoms with Gasteiger partial charge in [0.15, 0.2) is 0 Å². The average Bonchev–Trinajstić information content (AvgIpc) is 3.15. The molecule has 0 bridgehead atoms. The van der Waals surface area contributed by atoms with Gasteiger partial charge in [0, 0.05) is 45.2 Å². The quantitative estimate of drug-likeness (QED) is 0.628. The van der Waals surface area contributed by atoms with Crippen LogP contribution in [-0.2, 0) is 19.6 Å².